The Labute approximate surface area is 381 Å². The van der Waals surface area contributed by atoms with Gasteiger partial charge in [0.15, 0.2) is 11.6 Å². The molecule has 0 aliphatic heterocycles. The van der Waals surface area contributed by atoms with Crippen molar-refractivity contribution in [1.29, 1.82) is 0 Å². The molecule has 0 aromatic heterocycles. The number of nitrogens with zero attached hydrogens (tertiary/aromatic N) is 1. The Morgan fingerprint density at radius 3 is 1.13 bits per heavy atom. The molecule has 0 saturated carbocycles. The van der Waals surface area contributed by atoms with E-state index < -0.39 is 7.92 Å². The summed E-state index contributed by atoms with van der Waals surface area (Å²) in [5.41, 5.74) is 7.47. The van der Waals surface area contributed by atoms with Gasteiger partial charge in [-0.25, -0.2) is 0 Å². The van der Waals surface area contributed by atoms with Crippen molar-refractivity contribution < 1.29 is 26.1 Å². The van der Waals surface area contributed by atoms with Gasteiger partial charge in [-0.15, -0.1) is 5.69 Å². The number of carbonyl (C=O) groups excluding carboxylic acids is 2. The Kier molecular flexibility index (Phi) is 15.3. The summed E-state index contributed by atoms with van der Waals surface area (Å²) < 4.78 is 0. The molecule has 0 atom stereocenters. The van der Waals surface area contributed by atoms with Crippen LogP contribution in [0.4, 0.5) is 5.69 Å². The minimum atomic E-state index is -0.877. The maximum absolute atomic E-state index is 13.4. The Balaban J connectivity index is 0.000000190. The molecule has 0 unspecified atom stereocenters. The summed E-state index contributed by atoms with van der Waals surface area (Å²) in [4.78, 5) is 26.3. The van der Waals surface area contributed by atoms with Crippen molar-refractivity contribution in [2.75, 3.05) is 0 Å². The average Bonchev–Trinajstić information content (AvgIpc) is 3.36. The largest absolute Gasteiger partial charge is 2.00 e. The van der Waals surface area contributed by atoms with Crippen LogP contribution in [0, 0.1) is 6.07 Å². The van der Waals surface area contributed by atoms with Crippen molar-refractivity contribution in [2.45, 2.75) is 0 Å². The van der Waals surface area contributed by atoms with Gasteiger partial charge < -0.3 is 5.32 Å². The van der Waals surface area contributed by atoms with Crippen LogP contribution in [0.3, 0.4) is 0 Å². The monoisotopic (exact) mass is 874 g/mol. The van der Waals surface area contributed by atoms with Gasteiger partial charge in [0.25, 0.3) is 0 Å². The second-order valence-electron chi connectivity index (χ2n) is 14.4. The molecule has 0 saturated heterocycles. The molecule has 0 amide bonds. The Hall–Kier alpha value is -7.22. The zero-order chi connectivity index (χ0) is 42.4. The number of Topliss-reactive ketones (excluding diaryl/α,β-unsaturated/α-hetero) is 1. The van der Waals surface area contributed by atoms with Crippen molar-refractivity contribution >= 4 is 41.1 Å². The maximum atomic E-state index is 13.4. The van der Waals surface area contributed by atoms with Crippen LogP contribution >= 0.6 is 7.92 Å². The van der Waals surface area contributed by atoms with Gasteiger partial charge in [0.05, 0.1) is 7.92 Å². The van der Waals surface area contributed by atoms with E-state index in [0.717, 1.165) is 33.4 Å². The summed E-state index contributed by atoms with van der Waals surface area (Å²) in [6.45, 7) is 0. The smallest absolute Gasteiger partial charge is 0.654 e. The van der Waals surface area contributed by atoms with Crippen molar-refractivity contribution in [2.24, 2.45) is 0 Å². The summed E-state index contributed by atoms with van der Waals surface area (Å²) in [7, 11) is -0.877. The fraction of sp³-hybridized carbons (Fsp3) is 0. The standard InChI is InChI=1S/C34H23NO2.C18H15P.C6H5.Ni/c36-32-22-31(34(37)28-19-11-10-18-27(28)32)35-33-29(24-14-6-2-7-15-24)20-26(23-12-4-1-5-13-23)21-30(33)25-16-8-3-9-17-25;1-4-10-16(11-5-1)19(17-12-6-2-7-13-17)18-14-8-3-9-15-18;1-2-4-6-5-3-1;/h1-22H,(H,35,36);1-15H;1-5H;/q;;-1;+2. The number of fused-ring (bicyclic) bond motifs is 1. The molecule has 306 valence electrons. The van der Waals surface area contributed by atoms with E-state index in [2.05, 4.69) is 121 Å². The Bertz CT molecular complexity index is 2690. The third-order valence-electron chi connectivity index (χ3n) is 10.4. The SMILES string of the molecule is O=C1C=C([N-]c2c(-c3ccccc3)cc(-c3ccccc3)cc2-c2ccccc2)C(=O)c2ccccc21.[Ni+2].[c-]1ccccc1.c1ccc([PH+](c2ccccc2)c2ccccc2)cc1. The molecule has 1 aliphatic rings. The van der Waals surface area contributed by atoms with Crippen LogP contribution < -0.4 is 15.9 Å². The Morgan fingerprint density at radius 1 is 0.365 bits per heavy atom. The van der Waals surface area contributed by atoms with Crippen LogP contribution in [0.2, 0.25) is 0 Å². The van der Waals surface area contributed by atoms with Crippen LogP contribution in [0.25, 0.3) is 38.7 Å². The quantitative estimate of drug-likeness (QED) is 0.0867. The zero-order valence-electron chi connectivity index (χ0n) is 34.3. The average molecular weight is 876 g/mol. The molecule has 5 heteroatoms. The van der Waals surface area contributed by atoms with Gasteiger partial charge in [0.2, 0.25) is 0 Å². The third kappa shape index (κ3) is 11.0. The first-order chi connectivity index (χ1) is 30.6. The second kappa shape index (κ2) is 22.0. The van der Waals surface area contributed by atoms with Gasteiger partial charge in [0, 0.05) is 11.1 Å². The summed E-state index contributed by atoms with van der Waals surface area (Å²) >= 11 is 0. The first-order valence-corrected chi connectivity index (χ1v) is 22.0. The van der Waals surface area contributed by atoms with E-state index >= 15 is 0 Å². The van der Waals surface area contributed by atoms with Crippen molar-refractivity contribution in [3.05, 3.63) is 283 Å². The number of rotatable bonds is 8. The fourth-order valence-corrected chi connectivity index (χ4v) is 9.97. The van der Waals surface area contributed by atoms with Crippen LogP contribution in [0.1, 0.15) is 20.7 Å². The molecule has 10 rings (SSSR count). The van der Waals surface area contributed by atoms with Gasteiger partial charge in [-0.1, -0.05) is 176 Å². The van der Waals surface area contributed by atoms with Gasteiger partial charge in [-0.05, 0) is 88.0 Å². The Morgan fingerprint density at radius 2 is 0.730 bits per heavy atom. The van der Waals surface area contributed by atoms with E-state index in [1.165, 1.54) is 22.0 Å². The molecule has 9 aromatic rings. The normalized spacial score (nSPS) is 11.3. The topological polar surface area (TPSA) is 48.2 Å². The molecule has 1 aliphatic carbocycles. The van der Waals surface area contributed by atoms with Crippen molar-refractivity contribution in [3.8, 4) is 33.4 Å². The van der Waals surface area contributed by atoms with E-state index in [9.17, 15) is 9.59 Å². The van der Waals surface area contributed by atoms with Crippen LogP contribution in [0.5, 0.6) is 0 Å². The first-order valence-electron chi connectivity index (χ1n) is 20.5. The first kappa shape index (κ1) is 43.9. The van der Waals surface area contributed by atoms with E-state index in [1.807, 2.05) is 109 Å². The molecule has 0 fully saturated rings. The molecule has 0 bridgehead atoms. The van der Waals surface area contributed by atoms with Crippen molar-refractivity contribution in [3.63, 3.8) is 0 Å². The molecule has 3 nitrogen and oxygen atoms in total. The molecule has 9 aromatic carbocycles. The van der Waals surface area contributed by atoms with Crippen LogP contribution in [-0.2, 0) is 16.5 Å². The number of carbonyl (C=O) groups is 2. The minimum absolute atomic E-state index is 0. The molecule has 63 heavy (non-hydrogen) atoms. The minimum Gasteiger partial charge on any atom is -0.654 e. The van der Waals surface area contributed by atoms with Gasteiger partial charge in [-0.3, -0.25) is 9.59 Å². The third-order valence-corrected chi connectivity index (χ3v) is 13.1. The number of hydrogen-bond donors (Lipinski definition) is 0. The number of hydrogen-bond acceptors (Lipinski definition) is 2. The van der Waals surface area contributed by atoms with Gasteiger partial charge in [-0.2, -0.15) is 36.4 Å². The molecule has 0 radical (unpaired) electrons. The number of allylic oxidation sites excluding steroid dienone is 2. The van der Waals surface area contributed by atoms with Gasteiger partial charge >= 0.3 is 16.5 Å². The second-order valence-corrected chi connectivity index (χ2v) is 16.9. The summed E-state index contributed by atoms with van der Waals surface area (Å²) in [6, 6.07) is 86.4. The van der Waals surface area contributed by atoms with Gasteiger partial charge in [0.1, 0.15) is 15.9 Å². The predicted octanol–water partition coefficient (Wildman–Crippen LogP) is 13.3. The zero-order valence-corrected chi connectivity index (χ0v) is 36.3. The number of benzene rings is 9. The van der Waals surface area contributed by atoms with E-state index in [1.54, 1.807) is 24.3 Å². The molecule has 0 N–H and O–H groups in total. The summed E-state index contributed by atoms with van der Waals surface area (Å²) in [5.74, 6) is -0.460. The molecule has 0 spiro atoms. The molecule has 0 heterocycles. The van der Waals surface area contributed by atoms with E-state index in [-0.39, 0.29) is 33.8 Å². The van der Waals surface area contributed by atoms with Crippen LogP contribution in [0.15, 0.2) is 260 Å². The summed E-state index contributed by atoms with van der Waals surface area (Å²) in [6.07, 6.45) is 1.36. The molecular formula is C58H43NNiO2P+. The molecular weight excluding hydrogens is 832 g/mol. The fourth-order valence-electron chi connectivity index (χ4n) is 7.39. The van der Waals surface area contributed by atoms with E-state index in [4.69, 9.17) is 5.32 Å². The van der Waals surface area contributed by atoms with Crippen molar-refractivity contribution in [1.82, 2.24) is 0 Å². The summed E-state index contributed by atoms with van der Waals surface area (Å²) in [5, 5.41) is 9.23. The van der Waals surface area contributed by atoms with Crippen LogP contribution in [-0.4, -0.2) is 11.6 Å². The predicted molar refractivity (Wildman–Crippen MR) is 261 cm³/mol. The number of ketones is 2. The van der Waals surface area contributed by atoms with E-state index in [0.29, 0.717) is 16.8 Å². The maximum Gasteiger partial charge on any atom is 2.00 e.